The molecule has 1 N–H and O–H groups in total. The molecule has 0 aliphatic heterocycles. The fraction of sp³-hybridized carbons (Fsp3) is 0.176. The fourth-order valence-corrected chi connectivity index (χ4v) is 3.99. The molecule has 0 aliphatic carbocycles. The van der Waals surface area contributed by atoms with E-state index < -0.39 is 5.76 Å². The second-order valence-corrected chi connectivity index (χ2v) is 7.01. The number of nitrogens with one attached hydrogen (secondary N) is 1. The highest BCUT2D eigenvalue weighted by Crippen LogP contribution is 2.35. The lowest BCUT2D eigenvalue weighted by atomic mass is 10.2. The molecule has 0 spiro atoms. The molecule has 0 radical (unpaired) electrons. The number of anilines is 1. The van der Waals surface area contributed by atoms with Crippen molar-refractivity contribution in [3.8, 4) is 0 Å². The fourth-order valence-electron chi connectivity index (χ4n) is 2.59. The maximum absolute atomic E-state index is 11.3. The molecule has 0 fully saturated rings. The number of fused-ring (bicyclic) bond motifs is 1. The molecule has 26 heavy (non-hydrogen) atoms. The number of hydrogen-bond acceptors (Lipinski definition) is 8. The predicted molar refractivity (Wildman–Crippen MR) is 98.8 cm³/mol. The standard InChI is InChI=1S/C17H13ClN4O3S/c1-9-12(7-10-4-6-25-17(23)20-10)26-14-13(9)21-16(18)22-15(14)19-8-11-3-2-5-24-11/h2-6H,7-8H2,1H3,(H,19,21,22). The van der Waals surface area contributed by atoms with Crippen LogP contribution in [-0.4, -0.2) is 15.0 Å². The molecule has 4 heterocycles. The quantitative estimate of drug-likeness (QED) is 0.519. The van der Waals surface area contributed by atoms with Gasteiger partial charge in [0.25, 0.3) is 0 Å². The molecule has 4 aromatic heterocycles. The van der Waals surface area contributed by atoms with E-state index in [0.717, 1.165) is 26.4 Å². The van der Waals surface area contributed by atoms with Gasteiger partial charge in [0.15, 0.2) is 0 Å². The summed E-state index contributed by atoms with van der Waals surface area (Å²) >= 11 is 7.65. The van der Waals surface area contributed by atoms with Crippen molar-refractivity contribution in [1.82, 2.24) is 15.0 Å². The first-order valence-electron chi connectivity index (χ1n) is 7.76. The molecule has 0 saturated heterocycles. The maximum atomic E-state index is 11.3. The van der Waals surface area contributed by atoms with Gasteiger partial charge < -0.3 is 14.2 Å². The topological polar surface area (TPSA) is 94.1 Å². The molecule has 0 aromatic carbocycles. The van der Waals surface area contributed by atoms with Crippen LogP contribution in [0.15, 0.2) is 44.4 Å². The van der Waals surface area contributed by atoms with Crippen molar-refractivity contribution in [3.05, 3.63) is 68.5 Å². The molecule has 0 bridgehead atoms. The van der Waals surface area contributed by atoms with Crippen LogP contribution >= 0.6 is 22.9 Å². The molecule has 0 saturated carbocycles. The summed E-state index contributed by atoms with van der Waals surface area (Å²) < 4.78 is 10.9. The van der Waals surface area contributed by atoms with Gasteiger partial charge in [0, 0.05) is 11.3 Å². The van der Waals surface area contributed by atoms with E-state index in [-0.39, 0.29) is 5.28 Å². The number of aromatic nitrogens is 3. The van der Waals surface area contributed by atoms with Crippen LogP contribution in [-0.2, 0) is 13.0 Å². The maximum Gasteiger partial charge on any atom is 0.438 e. The van der Waals surface area contributed by atoms with Crippen LogP contribution in [0.5, 0.6) is 0 Å². The lowest BCUT2D eigenvalue weighted by Crippen LogP contribution is -2.06. The van der Waals surface area contributed by atoms with Gasteiger partial charge in [0.05, 0.1) is 35.0 Å². The molecular formula is C17H13ClN4O3S. The van der Waals surface area contributed by atoms with Crippen molar-refractivity contribution in [3.63, 3.8) is 0 Å². The summed E-state index contributed by atoms with van der Waals surface area (Å²) in [6.45, 7) is 2.46. The first-order valence-corrected chi connectivity index (χ1v) is 8.96. The summed E-state index contributed by atoms with van der Waals surface area (Å²) in [4.78, 5) is 24.9. The average Bonchev–Trinajstić information content (AvgIpc) is 3.23. The third-order valence-electron chi connectivity index (χ3n) is 3.85. The normalized spacial score (nSPS) is 11.2. The number of rotatable bonds is 5. The summed E-state index contributed by atoms with van der Waals surface area (Å²) in [5.41, 5.74) is 2.42. The highest BCUT2D eigenvalue weighted by Gasteiger charge is 2.16. The Morgan fingerprint density at radius 2 is 2.08 bits per heavy atom. The smallest absolute Gasteiger partial charge is 0.438 e. The molecule has 0 atom stereocenters. The number of aryl methyl sites for hydroxylation is 1. The molecule has 4 rings (SSSR count). The molecule has 132 valence electrons. The lowest BCUT2D eigenvalue weighted by Gasteiger charge is -2.05. The SMILES string of the molecule is Cc1c(Cc2ccoc(=O)n2)sc2c(NCc3ccco3)nc(Cl)nc12. The molecule has 9 heteroatoms. The van der Waals surface area contributed by atoms with E-state index in [2.05, 4.69) is 24.7 Å². The summed E-state index contributed by atoms with van der Waals surface area (Å²) in [6.07, 6.45) is 3.48. The van der Waals surface area contributed by atoms with Crippen molar-refractivity contribution in [2.75, 3.05) is 5.32 Å². The molecule has 0 aliphatic rings. The second-order valence-electron chi connectivity index (χ2n) is 5.57. The predicted octanol–water partition coefficient (Wildman–Crippen LogP) is 3.80. The van der Waals surface area contributed by atoms with Crippen LogP contribution in [0.3, 0.4) is 0 Å². The third kappa shape index (κ3) is 3.33. The van der Waals surface area contributed by atoms with E-state index in [4.69, 9.17) is 16.0 Å². The third-order valence-corrected chi connectivity index (χ3v) is 5.31. The Morgan fingerprint density at radius 3 is 2.85 bits per heavy atom. The summed E-state index contributed by atoms with van der Waals surface area (Å²) in [5.74, 6) is 0.836. The number of furan rings is 1. The monoisotopic (exact) mass is 388 g/mol. The zero-order valence-corrected chi connectivity index (χ0v) is 15.2. The van der Waals surface area contributed by atoms with Crippen LogP contribution < -0.4 is 11.1 Å². The van der Waals surface area contributed by atoms with Gasteiger partial charge in [-0.2, -0.15) is 9.97 Å². The largest absolute Gasteiger partial charge is 0.467 e. The van der Waals surface area contributed by atoms with Gasteiger partial charge in [-0.25, -0.2) is 9.78 Å². The summed E-state index contributed by atoms with van der Waals surface area (Å²) in [7, 11) is 0. The minimum absolute atomic E-state index is 0.172. The second kappa shape index (κ2) is 6.89. The van der Waals surface area contributed by atoms with Gasteiger partial charge in [-0.15, -0.1) is 11.3 Å². The number of halogens is 1. The zero-order valence-electron chi connectivity index (χ0n) is 13.7. The Kier molecular flexibility index (Phi) is 4.44. The Bertz CT molecular complexity index is 1120. The minimum Gasteiger partial charge on any atom is -0.467 e. The molecule has 7 nitrogen and oxygen atoms in total. The van der Waals surface area contributed by atoms with Crippen molar-refractivity contribution in [2.24, 2.45) is 0 Å². The van der Waals surface area contributed by atoms with Gasteiger partial charge in [-0.1, -0.05) is 0 Å². The first kappa shape index (κ1) is 16.7. The van der Waals surface area contributed by atoms with Gasteiger partial charge in [-0.05, 0) is 42.3 Å². The van der Waals surface area contributed by atoms with Gasteiger partial charge in [0.2, 0.25) is 5.28 Å². The number of hydrogen-bond donors (Lipinski definition) is 1. The highest BCUT2D eigenvalue weighted by atomic mass is 35.5. The zero-order chi connectivity index (χ0) is 18.1. The van der Waals surface area contributed by atoms with Gasteiger partial charge in [0.1, 0.15) is 11.6 Å². The Balaban J connectivity index is 1.71. The average molecular weight is 389 g/mol. The van der Waals surface area contributed by atoms with Crippen LogP contribution in [0.4, 0.5) is 5.82 Å². The minimum atomic E-state index is -0.607. The van der Waals surface area contributed by atoms with Crippen molar-refractivity contribution in [1.29, 1.82) is 0 Å². The van der Waals surface area contributed by atoms with E-state index >= 15 is 0 Å². The van der Waals surface area contributed by atoms with Crippen LogP contribution in [0.25, 0.3) is 10.2 Å². The van der Waals surface area contributed by atoms with Crippen molar-refractivity contribution < 1.29 is 8.83 Å². The van der Waals surface area contributed by atoms with E-state index in [9.17, 15) is 4.79 Å². The molecule has 4 aromatic rings. The van der Waals surface area contributed by atoms with Crippen LogP contribution in [0, 0.1) is 6.92 Å². The summed E-state index contributed by atoms with van der Waals surface area (Å²) in [6, 6.07) is 5.39. The Hall–Kier alpha value is -2.71. The van der Waals surface area contributed by atoms with E-state index in [0.29, 0.717) is 24.5 Å². The molecular weight excluding hydrogens is 376 g/mol. The van der Waals surface area contributed by atoms with Crippen molar-refractivity contribution >= 4 is 39.0 Å². The molecule has 0 unspecified atom stereocenters. The van der Waals surface area contributed by atoms with E-state index in [1.807, 2.05) is 19.1 Å². The first-order chi connectivity index (χ1) is 12.6. The number of thiophene rings is 1. The highest BCUT2D eigenvalue weighted by molar-refractivity contribution is 7.19. The Morgan fingerprint density at radius 1 is 1.19 bits per heavy atom. The molecule has 0 amide bonds. The Labute approximate surface area is 156 Å². The van der Waals surface area contributed by atoms with Gasteiger partial charge in [-0.3, -0.25) is 0 Å². The number of nitrogens with zero attached hydrogens (tertiary/aromatic N) is 3. The van der Waals surface area contributed by atoms with Crippen LogP contribution in [0.1, 0.15) is 21.9 Å². The van der Waals surface area contributed by atoms with E-state index in [1.54, 1.807) is 23.7 Å². The lowest BCUT2D eigenvalue weighted by molar-refractivity contribution is 0.479. The van der Waals surface area contributed by atoms with Crippen LogP contribution in [0.2, 0.25) is 5.28 Å². The van der Waals surface area contributed by atoms with Gasteiger partial charge >= 0.3 is 5.76 Å². The van der Waals surface area contributed by atoms with Crippen molar-refractivity contribution in [2.45, 2.75) is 19.9 Å². The van der Waals surface area contributed by atoms with E-state index in [1.165, 1.54) is 6.26 Å². The summed E-state index contributed by atoms with van der Waals surface area (Å²) in [5, 5.41) is 3.42.